The summed E-state index contributed by atoms with van der Waals surface area (Å²) in [6.07, 6.45) is 1.59. The van der Waals surface area contributed by atoms with E-state index in [0.717, 1.165) is 12.8 Å². The third-order valence-electron chi connectivity index (χ3n) is 3.97. The Hall–Kier alpha value is -1.21. The normalized spacial score (nSPS) is 18.7. The molecule has 0 spiro atoms. The number of benzene rings is 1. The fraction of sp³-hybridized carbons (Fsp3) is 0.533. The molecular weight excluding hydrogens is 343 g/mol. The van der Waals surface area contributed by atoms with E-state index in [4.69, 9.17) is 31.5 Å². The van der Waals surface area contributed by atoms with Crippen molar-refractivity contribution >= 4 is 35.6 Å². The maximum absolute atomic E-state index is 12.3. The summed E-state index contributed by atoms with van der Waals surface area (Å²) in [5.74, 6) is 1.05. The predicted molar refractivity (Wildman–Crippen MR) is 89.8 cm³/mol. The first-order chi connectivity index (χ1) is 10.6. The number of rotatable bonds is 3. The minimum Gasteiger partial charge on any atom is -0.486 e. The van der Waals surface area contributed by atoms with Crippen LogP contribution in [-0.4, -0.2) is 38.4 Å². The Morgan fingerprint density at radius 2 is 1.78 bits per heavy atom. The average Bonchev–Trinajstić information content (AvgIpc) is 2.55. The third-order valence-corrected chi connectivity index (χ3v) is 4.28. The van der Waals surface area contributed by atoms with Crippen LogP contribution in [0.4, 0.5) is 5.69 Å². The van der Waals surface area contributed by atoms with Crippen molar-refractivity contribution in [2.75, 3.05) is 31.7 Å². The molecule has 1 aromatic carbocycles. The molecule has 0 radical (unpaired) electrons. The van der Waals surface area contributed by atoms with E-state index >= 15 is 0 Å². The Kier molecular flexibility index (Phi) is 6.35. The molecule has 0 bridgehead atoms. The number of hydrogen-bond acceptors (Lipinski definition) is 5. The Bertz CT molecular complexity index is 565. The van der Waals surface area contributed by atoms with Gasteiger partial charge in [-0.1, -0.05) is 11.6 Å². The van der Waals surface area contributed by atoms with Crippen LogP contribution in [0.25, 0.3) is 0 Å². The zero-order valence-electron chi connectivity index (χ0n) is 12.5. The zero-order valence-corrected chi connectivity index (χ0v) is 14.1. The van der Waals surface area contributed by atoms with Gasteiger partial charge in [0.05, 0.1) is 16.8 Å². The quantitative estimate of drug-likeness (QED) is 0.861. The van der Waals surface area contributed by atoms with E-state index in [9.17, 15) is 4.79 Å². The van der Waals surface area contributed by atoms with Crippen LogP contribution in [0.5, 0.6) is 11.5 Å². The molecule has 2 heterocycles. The van der Waals surface area contributed by atoms with Gasteiger partial charge >= 0.3 is 0 Å². The van der Waals surface area contributed by atoms with Gasteiger partial charge in [-0.25, -0.2) is 0 Å². The lowest BCUT2D eigenvalue weighted by Gasteiger charge is -2.27. The minimum absolute atomic E-state index is 0. The molecule has 128 valence electrons. The summed E-state index contributed by atoms with van der Waals surface area (Å²) in [6, 6.07) is 2.74. The van der Waals surface area contributed by atoms with Crippen molar-refractivity contribution in [3.05, 3.63) is 17.2 Å². The maximum atomic E-state index is 12.3. The van der Waals surface area contributed by atoms with Crippen molar-refractivity contribution in [2.24, 2.45) is 11.7 Å². The summed E-state index contributed by atoms with van der Waals surface area (Å²) < 4.78 is 16.2. The topological polar surface area (TPSA) is 82.8 Å². The second kappa shape index (κ2) is 8.06. The highest BCUT2D eigenvalue weighted by atomic mass is 35.5. The molecule has 1 fully saturated rings. The van der Waals surface area contributed by atoms with Gasteiger partial charge in [-0.2, -0.15) is 0 Å². The van der Waals surface area contributed by atoms with Gasteiger partial charge < -0.3 is 25.3 Å². The first-order valence-electron chi connectivity index (χ1n) is 7.38. The standard InChI is InChI=1S/C15H19ClN2O4.ClH/c16-10-7-12-13(22-6-5-21-12)8-11(10)18-15(19)14(17)9-1-3-20-4-2-9;/h7-9,14H,1-6,17H2,(H,18,19);1H. The van der Waals surface area contributed by atoms with Crippen LogP contribution in [0.1, 0.15) is 12.8 Å². The molecule has 3 N–H and O–H groups in total. The molecule has 1 saturated heterocycles. The fourth-order valence-electron chi connectivity index (χ4n) is 2.66. The minimum atomic E-state index is -0.576. The second-order valence-electron chi connectivity index (χ2n) is 5.44. The first kappa shape index (κ1) is 18.1. The van der Waals surface area contributed by atoms with Gasteiger partial charge in [0.2, 0.25) is 5.91 Å². The monoisotopic (exact) mass is 362 g/mol. The number of amides is 1. The van der Waals surface area contributed by atoms with Crippen LogP contribution in [0.3, 0.4) is 0 Å². The van der Waals surface area contributed by atoms with E-state index in [1.807, 2.05) is 0 Å². The summed E-state index contributed by atoms with van der Waals surface area (Å²) in [5.41, 5.74) is 6.55. The fourth-order valence-corrected chi connectivity index (χ4v) is 2.87. The third kappa shape index (κ3) is 4.20. The summed E-state index contributed by atoms with van der Waals surface area (Å²) in [6.45, 7) is 2.26. The van der Waals surface area contributed by atoms with Crippen molar-refractivity contribution in [2.45, 2.75) is 18.9 Å². The lowest BCUT2D eigenvalue weighted by molar-refractivity contribution is -0.119. The molecular formula is C15H20Cl2N2O4. The van der Waals surface area contributed by atoms with E-state index in [-0.39, 0.29) is 24.2 Å². The number of halogens is 2. The second-order valence-corrected chi connectivity index (χ2v) is 5.85. The SMILES string of the molecule is Cl.NC(C(=O)Nc1cc2c(cc1Cl)OCCO2)C1CCOCC1. The largest absolute Gasteiger partial charge is 0.486 e. The van der Waals surface area contributed by atoms with Gasteiger partial charge in [-0.15, -0.1) is 12.4 Å². The van der Waals surface area contributed by atoms with Crippen LogP contribution >= 0.6 is 24.0 Å². The van der Waals surface area contributed by atoms with Gasteiger partial charge in [-0.05, 0) is 18.8 Å². The molecule has 6 nitrogen and oxygen atoms in total. The predicted octanol–water partition coefficient (Wildman–Crippen LogP) is 2.23. The summed E-state index contributed by atoms with van der Waals surface area (Å²) in [7, 11) is 0. The number of carbonyl (C=O) groups is 1. The van der Waals surface area contributed by atoms with E-state index < -0.39 is 6.04 Å². The van der Waals surface area contributed by atoms with Crippen molar-refractivity contribution in [1.82, 2.24) is 0 Å². The molecule has 0 saturated carbocycles. The molecule has 0 aliphatic carbocycles. The van der Waals surface area contributed by atoms with E-state index in [1.54, 1.807) is 12.1 Å². The molecule has 1 amide bonds. The highest BCUT2D eigenvalue weighted by molar-refractivity contribution is 6.34. The summed E-state index contributed by atoms with van der Waals surface area (Å²) >= 11 is 6.18. The Morgan fingerprint density at radius 1 is 1.17 bits per heavy atom. The first-order valence-corrected chi connectivity index (χ1v) is 7.76. The number of carbonyl (C=O) groups excluding carboxylic acids is 1. The van der Waals surface area contributed by atoms with Gasteiger partial charge in [0.1, 0.15) is 13.2 Å². The highest BCUT2D eigenvalue weighted by Gasteiger charge is 2.27. The molecule has 1 unspecified atom stereocenters. The zero-order chi connectivity index (χ0) is 15.5. The molecule has 2 aliphatic rings. The molecule has 23 heavy (non-hydrogen) atoms. The Labute approximate surface area is 146 Å². The van der Waals surface area contributed by atoms with E-state index in [0.29, 0.717) is 48.6 Å². The molecule has 2 aliphatic heterocycles. The lowest BCUT2D eigenvalue weighted by Crippen LogP contribution is -2.44. The Morgan fingerprint density at radius 3 is 2.43 bits per heavy atom. The van der Waals surface area contributed by atoms with Crippen LogP contribution in [0, 0.1) is 5.92 Å². The Balaban J connectivity index is 0.00000192. The van der Waals surface area contributed by atoms with Gasteiger partial charge in [-0.3, -0.25) is 4.79 Å². The van der Waals surface area contributed by atoms with Crippen LogP contribution in [0.15, 0.2) is 12.1 Å². The van der Waals surface area contributed by atoms with Crippen molar-refractivity contribution in [1.29, 1.82) is 0 Å². The number of nitrogens with one attached hydrogen (secondary N) is 1. The summed E-state index contributed by atoms with van der Waals surface area (Å²) in [5, 5.41) is 3.18. The van der Waals surface area contributed by atoms with E-state index in [1.165, 1.54) is 0 Å². The van der Waals surface area contributed by atoms with Crippen molar-refractivity contribution in [3.8, 4) is 11.5 Å². The lowest BCUT2D eigenvalue weighted by atomic mass is 9.92. The van der Waals surface area contributed by atoms with Gasteiger partial charge in [0, 0.05) is 25.3 Å². The van der Waals surface area contributed by atoms with Gasteiger partial charge in [0.15, 0.2) is 11.5 Å². The van der Waals surface area contributed by atoms with Crippen LogP contribution < -0.4 is 20.5 Å². The van der Waals surface area contributed by atoms with Crippen molar-refractivity contribution < 1.29 is 19.0 Å². The van der Waals surface area contributed by atoms with Gasteiger partial charge in [0.25, 0.3) is 0 Å². The number of anilines is 1. The number of hydrogen-bond donors (Lipinski definition) is 2. The summed E-state index contributed by atoms with van der Waals surface area (Å²) in [4.78, 5) is 12.3. The smallest absolute Gasteiger partial charge is 0.241 e. The average molecular weight is 363 g/mol. The number of fused-ring (bicyclic) bond motifs is 1. The van der Waals surface area contributed by atoms with Crippen LogP contribution in [0.2, 0.25) is 5.02 Å². The molecule has 8 heteroatoms. The molecule has 0 aromatic heterocycles. The van der Waals surface area contributed by atoms with Crippen LogP contribution in [-0.2, 0) is 9.53 Å². The number of ether oxygens (including phenoxy) is 3. The van der Waals surface area contributed by atoms with Crippen molar-refractivity contribution in [3.63, 3.8) is 0 Å². The highest BCUT2D eigenvalue weighted by Crippen LogP contribution is 2.38. The molecule has 3 rings (SSSR count). The molecule has 1 atom stereocenters. The molecule has 1 aromatic rings. The number of nitrogens with two attached hydrogens (primary N) is 1. The van der Waals surface area contributed by atoms with E-state index in [2.05, 4.69) is 5.32 Å². The maximum Gasteiger partial charge on any atom is 0.241 e.